The van der Waals surface area contributed by atoms with Crippen molar-refractivity contribution in [2.24, 2.45) is 0 Å². The van der Waals surface area contributed by atoms with Crippen LogP contribution in [0.25, 0.3) is 26.9 Å². The van der Waals surface area contributed by atoms with Gasteiger partial charge in [0.2, 0.25) is 5.88 Å². The molecule has 8 heteroatoms. The summed E-state index contributed by atoms with van der Waals surface area (Å²) in [5.74, 6) is 0.281. The SMILES string of the molecule is CCOc1ccc(/C=C/C(=O)Nc2oc(C)c(C(=O)OC)c2-c2nc3ccccc3s2)cc1. The molecule has 0 aliphatic carbocycles. The van der Waals surface area contributed by atoms with Gasteiger partial charge in [0, 0.05) is 6.08 Å². The van der Waals surface area contributed by atoms with Gasteiger partial charge in [0.25, 0.3) is 5.91 Å². The highest BCUT2D eigenvalue weighted by Gasteiger charge is 2.28. The Balaban J connectivity index is 1.64. The average Bonchev–Trinajstić information content (AvgIpc) is 3.38. The van der Waals surface area contributed by atoms with Gasteiger partial charge < -0.3 is 13.9 Å². The summed E-state index contributed by atoms with van der Waals surface area (Å²) in [6, 6.07) is 15.0. The number of anilines is 1. The molecule has 4 aromatic rings. The molecule has 0 unspecified atom stereocenters. The van der Waals surface area contributed by atoms with Crippen molar-refractivity contribution in [3.63, 3.8) is 0 Å². The molecule has 0 aliphatic heterocycles. The molecule has 168 valence electrons. The zero-order chi connectivity index (χ0) is 23.4. The topological polar surface area (TPSA) is 90.7 Å². The first-order valence-electron chi connectivity index (χ1n) is 10.3. The van der Waals surface area contributed by atoms with Gasteiger partial charge >= 0.3 is 5.97 Å². The Kier molecular flexibility index (Phi) is 6.55. The third-order valence-electron chi connectivity index (χ3n) is 4.84. The highest BCUT2D eigenvalue weighted by molar-refractivity contribution is 7.21. The van der Waals surface area contributed by atoms with Crippen LogP contribution in [0.1, 0.15) is 28.6 Å². The Labute approximate surface area is 194 Å². The number of aryl methyl sites for hydroxylation is 1. The Morgan fingerprint density at radius 2 is 1.91 bits per heavy atom. The molecule has 7 nitrogen and oxygen atoms in total. The molecule has 2 heterocycles. The number of nitrogens with zero attached hydrogens (tertiary/aromatic N) is 1. The third-order valence-corrected chi connectivity index (χ3v) is 5.89. The fourth-order valence-corrected chi connectivity index (χ4v) is 4.35. The number of nitrogens with one attached hydrogen (secondary N) is 1. The van der Waals surface area contributed by atoms with E-state index in [0.29, 0.717) is 22.9 Å². The van der Waals surface area contributed by atoms with E-state index in [9.17, 15) is 9.59 Å². The second-order valence-electron chi connectivity index (χ2n) is 7.04. The van der Waals surface area contributed by atoms with Crippen LogP contribution in [0.15, 0.2) is 59.0 Å². The number of amides is 1. The zero-order valence-electron chi connectivity index (χ0n) is 18.4. The van der Waals surface area contributed by atoms with Crippen LogP contribution in [0.4, 0.5) is 5.88 Å². The molecular formula is C25H22N2O5S. The number of fused-ring (bicyclic) bond motifs is 1. The molecule has 2 aromatic carbocycles. The predicted octanol–water partition coefficient (Wildman–Crippen LogP) is 5.70. The number of ether oxygens (including phenoxy) is 2. The number of carbonyl (C=O) groups excluding carboxylic acids is 2. The number of carbonyl (C=O) groups is 2. The normalized spacial score (nSPS) is 11.1. The number of esters is 1. The molecular weight excluding hydrogens is 440 g/mol. The number of benzene rings is 2. The minimum atomic E-state index is -0.559. The predicted molar refractivity (Wildman–Crippen MR) is 129 cm³/mol. The van der Waals surface area contributed by atoms with E-state index in [1.807, 2.05) is 55.5 Å². The molecule has 0 spiro atoms. The molecule has 1 amide bonds. The standard InChI is InChI=1S/C25H22N2O5S/c1-4-31-17-12-9-16(10-13-17)11-14-20(28)27-23-22(21(15(2)32-23)25(29)30-3)24-26-18-7-5-6-8-19(18)33-24/h5-14H,4H2,1-3H3,(H,27,28)/b14-11+. The van der Waals surface area contributed by atoms with Crippen LogP contribution in [0.2, 0.25) is 0 Å². The number of thiazole rings is 1. The Bertz CT molecular complexity index is 1300. The summed E-state index contributed by atoms with van der Waals surface area (Å²) in [7, 11) is 1.30. The molecule has 33 heavy (non-hydrogen) atoms. The van der Waals surface area contributed by atoms with E-state index in [-0.39, 0.29) is 11.4 Å². The first kappa shape index (κ1) is 22.3. The largest absolute Gasteiger partial charge is 0.494 e. The lowest BCUT2D eigenvalue weighted by Gasteiger charge is -2.03. The van der Waals surface area contributed by atoms with Gasteiger partial charge in [-0.05, 0) is 49.8 Å². The van der Waals surface area contributed by atoms with Crippen LogP contribution in [-0.2, 0) is 9.53 Å². The zero-order valence-corrected chi connectivity index (χ0v) is 19.2. The first-order chi connectivity index (χ1) is 16.0. The summed E-state index contributed by atoms with van der Waals surface area (Å²) in [4.78, 5) is 29.8. The van der Waals surface area contributed by atoms with Gasteiger partial charge in [-0.2, -0.15) is 0 Å². The second kappa shape index (κ2) is 9.70. The minimum absolute atomic E-state index is 0.147. The van der Waals surface area contributed by atoms with Crippen molar-refractivity contribution in [2.75, 3.05) is 19.0 Å². The summed E-state index contributed by atoms with van der Waals surface area (Å²) in [6.45, 7) is 4.15. The molecule has 0 aliphatic rings. The number of hydrogen-bond donors (Lipinski definition) is 1. The molecule has 0 radical (unpaired) electrons. The lowest BCUT2D eigenvalue weighted by molar-refractivity contribution is -0.111. The maximum atomic E-state index is 12.7. The first-order valence-corrected chi connectivity index (χ1v) is 11.1. The van der Waals surface area contributed by atoms with Crippen molar-refractivity contribution < 1.29 is 23.5 Å². The molecule has 0 atom stereocenters. The summed E-state index contributed by atoms with van der Waals surface area (Å²) in [6.07, 6.45) is 3.08. The summed E-state index contributed by atoms with van der Waals surface area (Å²) in [5, 5.41) is 3.29. The Morgan fingerprint density at radius 3 is 2.61 bits per heavy atom. The van der Waals surface area contributed by atoms with E-state index in [4.69, 9.17) is 13.9 Å². The van der Waals surface area contributed by atoms with Crippen LogP contribution in [0.3, 0.4) is 0 Å². The maximum absolute atomic E-state index is 12.7. The van der Waals surface area contributed by atoms with E-state index in [1.54, 1.807) is 13.0 Å². The van der Waals surface area contributed by atoms with Gasteiger partial charge in [0.1, 0.15) is 22.1 Å². The van der Waals surface area contributed by atoms with Crippen LogP contribution in [0, 0.1) is 6.92 Å². The average molecular weight is 463 g/mol. The monoisotopic (exact) mass is 462 g/mol. The number of aromatic nitrogens is 1. The third kappa shape index (κ3) is 4.80. The van der Waals surface area contributed by atoms with E-state index in [0.717, 1.165) is 21.5 Å². The van der Waals surface area contributed by atoms with E-state index < -0.39 is 11.9 Å². The Hall–Kier alpha value is -3.91. The molecule has 0 bridgehead atoms. The van der Waals surface area contributed by atoms with Crippen molar-refractivity contribution >= 4 is 45.4 Å². The Morgan fingerprint density at radius 1 is 1.15 bits per heavy atom. The van der Waals surface area contributed by atoms with Gasteiger partial charge in [0.05, 0.1) is 29.5 Å². The van der Waals surface area contributed by atoms with Gasteiger partial charge in [-0.25, -0.2) is 9.78 Å². The van der Waals surface area contributed by atoms with Crippen LogP contribution < -0.4 is 10.1 Å². The van der Waals surface area contributed by atoms with Crippen LogP contribution in [0.5, 0.6) is 5.75 Å². The van der Waals surface area contributed by atoms with E-state index >= 15 is 0 Å². The van der Waals surface area contributed by atoms with E-state index in [1.165, 1.54) is 24.5 Å². The van der Waals surface area contributed by atoms with Gasteiger partial charge in [-0.1, -0.05) is 24.3 Å². The second-order valence-corrected chi connectivity index (χ2v) is 8.07. The number of para-hydroxylation sites is 1. The quantitative estimate of drug-likeness (QED) is 0.280. The highest BCUT2D eigenvalue weighted by atomic mass is 32.1. The molecule has 2 aromatic heterocycles. The van der Waals surface area contributed by atoms with Crippen LogP contribution >= 0.6 is 11.3 Å². The molecule has 4 rings (SSSR count). The highest BCUT2D eigenvalue weighted by Crippen LogP contribution is 2.40. The maximum Gasteiger partial charge on any atom is 0.342 e. The van der Waals surface area contributed by atoms with Gasteiger partial charge in [-0.15, -0.1) is 11.3 Å². The molecule has 0 saturated heterocycles. The number of rotatable bonds is 7. The summed E-state index contributed by atoms with van der Waals surface area (Å²) < 4.78 is 17.1. The molecule has 1 N–H and O–H groups in total. The van der Waals surface area contributed by atoms with Crippen molar-refractivity contribution in [1.29, 1.82) is 0 Å². The number of hydrogen-bond acceptors (Lipinski definition) is 7. The lowest BCUT2D eigenvalue weighted by atomic mass is 10.1. The molecule has 0 fully saturated rings. The van der Waals surface area contributed by atoms with Crippen molar-refractivity contribution in [2.45, 2.75) is 13.8 Å². The number of methoxy groups -OCH3 is 1. The fraction of sp³-hybridized carbons (Fsp3) is 0.160. The minimum Gasteiger partial charge on any atom is -0.494 e. The summed E-state index contributed by atoms with van der Waals surface area (Å²) >= 11 is 1.40. The van der Waals surface area contributed by atoms with Gasteiger partial charge in [0.15, 0.2) is 0 Å². The fourth-order valence-electron chi connectivity index (χ4n) is 3.33. The van der Waals surface area contributed by atoms with Gasteiger partial charge in [-0.3, -0.25) is 10.1 Å². The van der Waals surface area contributed by atoms with Crippen molar-refractivity contribution in [3.05, 3.63) is 71.5 Å². The van der Waals surface area contributed by atoms with E-state index in [2.05, 4.69) is 10.3 Å². The van der Waals surface area contributed by atoms with Crippen molar-refractivity contribution in [3.8, 4) is 16.3 Å². The molecule has 0 saturated carbocycles. The smallest absolute Gasteiger partial charge is 0.342 e. The van der Waals surface area contributed by atoms with Crippen molar-refractivity contribution in [1.82, 2.24) is 4.98 Å². The lowest BCUT2D eigenvalue weighted by Crippen LogP contribution is -2.09. The number of furan rings is 1. The summed E-state index contributed by atoms with van der Waals surface area (Å²) in [5.41, 5.74) is 2.27. The van der Waals surface area contributed by atoms with Crippen LogP contribution in [-0.4, -0.2) is 30.6 Å².